The standard InChI is InChI=1S/C16H30N6/c1-4-17-16(19-12-15-7-8-20-21(15)3)18-11-14(2)13-22-9-5-6-10-22/h7-8,14H,4-6,9-13H2,1-3H3,(H2,17,18,19). The number of rotatable bonds is 7. The molecule has 22 heavy (non-hydrogen) atoms. The fourth-order valence-corrected chi connectivity index (χ4v) is 2.80. The van der Waals surface area contributed by atoms with Crippen LogP contribution >= 0.6 is 0 Å². The van der Waals surface area contributed by atoms with E-state index >= 15 is 0 Å². The third kappa shape index (κ3) is 5.33. The lowest BCUT2D eigenvalue weighted by atomic mass is 10.1. The summed E-state index contributed by atoms with van der Waals surface area (Å²) in [6.45, 7) is 10.6. The van der Waals surface area contributed by atoms with E-state index in [2.05, 4.69) is 39.5 Å². The van der Waals surface area contributed by atoms with Gasteiger partial charge in [-0.05, 0) is 44.8 Å². The molecule has 0 aliphatic carbocycles. The molecule has 1 aliphatic heterocycles. The monoisotopic (exact) mass is 306 g/mol. The van der Waals surface area contributed by atoms with Crippen molar-refractivity contribution in [2.75, 3.05) is 32.7 Å². The van der Waals surface area contributed by atoms with E-state index in [9.17, 15) is 0 Å². The summed E-state index contributed by atoms with van der Waals surface area (Å²) in [5.41, 5.74) is 1.11. The Labute approximate surface area is 134 Å². The van der Waals surface area contributed by atoms with Crippen LogP contribution in [-0.4, -0.2) is 53.4 Å². The molecular weight excluding hydrogens is 276 g/mol. The highest BCUT2D eigenvalue weighted by Gasteiger charge is 2.14. The molecule has 6 nitrogen and oxygen atoms in total. The predicted molar refractivity (Wildman–Crippen MR) is 90.9 cm³/mol. The number of nitrogens with one attached hydrogen (secondary N) is 2. The Balaban J connectivity index is 1.78. The molecule has 1 atom stereocenters. The van der Waals surface area contributed by atoms with Crippen LogP contribution in [0.4, 0.5) is 0 Å². The van der Waals surface area contributed by atoms with Gasteiger partial charge in [-0.25, -0.2) is 4.99 Å². The maximum absolute atomic E-state index is 4.64. The van der Waals surface area contributed by atoms with Crippen molar-refractivity contribution in [3.63, 3.8) is 0 Å². The summed E-state index contributed by atoms with van der Waals surface area (Å²) >= 11 is 0. The molecule has 0 radical (unpaired) electrons. The highest BCUT2D eigenvalue weighted by Crippen LogP contribution is 2.09. The summed E-state index contributed by atoms with van der Waals surface area (Å²) < 4.78 is 1.86. The molecular formula is C16H30N6. The van der Waals surface area contributed by atoms with Crippen molar-refractivity contribution in [2.45, 2.75) is 33.2 Å². The van der Waals surface area contributed by atoms with Crippen LogP contribution in [-0.2, 0) is 13.6 Å². The Morgan fingerprint density at radius 1 is 1.36 bits per heavy atom. The van der Waals surface area contributed by atoms with E-state index < -0.39 is 0 Å². The first-order valence-electron chi connectivity index (χ1n) is 8.40. The molecule has 1 aliphatic rings. The zero-order chi connectivity index (χ0) is 15.8. The van der Waals surface area contributed by atoms with Gasteiger partial charge in [0.05, 0.1) is 12.2 Å². The maximum atomic E-state index is 4.64. The molecule has 0 saturated carbocycles. The Morgan fingerprint density at radius 3 is 2.77 bits per heavy atom. The number of likely N-dealkylation sites (tertiary alicyclic amines) is 1. The Kier molecular flexibility index (Phi) is 6.71. The number of aliphatic imine (C=N–C) groups is 1. The molecule has 2 heterocycles. The van der Waals surface area contributed by atoms with Gasteiger partial charge in [-0.1, -0.05) is 6.92 Å². The second-order valence-corrected chi connectivity index (χ2v) is 6.14. The fourth-order valence-electron chi connectivity index (χ4n) is 2.80. The lowest BCUT2D eigenvalue weighted by Crippen LogP contribution is -2.41. The lowest BCUT2D eigenvalue weighted by Gasteiger charge is -2.21. The molecule has 0 amide bonds. The van der Waals surface area contributed by atoms with Gasteiger partial charge in [0.25, 0.3) is 0 Å². The van der Waals surface area contributed by atoms with E-state index in [1.807, 2.05) is 24.0 Å². The second kappa shape index (κ2) is 8.78. The summed E-state index contributed by atoms with van der Waals surface area (Å²) in [6, 6.07) is 2.00. The number of aryl methyl sites for hydroxylation is 1. The van der Waals surface area contributed by atoms with Crippen LogP contribution in [0, 0.1) is 5.92 Å². The lowest BCUT2D eigenvalue weighted by molar-refractivity contribution is 0.287. The van der Waals surface area contributed by atoms with Gasteiger partial charge in [-0.15, -0.1) is 0 Å². The third-order valence-corrected chi connectivity index (χ3v) is 4.05. The SMILES string of the molecule is CCNC(=NCc1ccnn1C)NCC(C)CN1CCCC1. The van der Waals surface area contributed by atoms with Crippen molar-refractivity contribution in [3.05, 3.63) is 18.0 Å². The van der Waals surface area contributed by atoms with Gasteiger partial charge in [0, 0.05) is 32.9 Å². The average molecular weight is 306 g/mol. The fraction of sp³-hybridized carbons (Fsp3) is 0.750. The molecule has 1 saturated heterocycles. The van der Waals surface area contributed by atoms with Crippen molar-refractivity contribution >= 4 is 5.96 Å². The van der Waals surface area contributed by atoms with Crippen LogP contribution in [0.25, 0.3) is 0 Å². The zero-order valence-electron chi connectivity index (χ0n) is 14.2. The summed E-state index contributed by atoms with van der Waals surface area (Å²) in [5.74, 6) is 1.51. The highest BCUT2D eigenvalue weighted by atomic mass is 15.3. The van der Waals surface area contributed by atoms with Gasteiger partial charge in [-0.2, -0.15) is 5.10 Å². The first-order chi connectivity index (χ1) is 10.7. The van der Waals surface area contributed by atoms with E-state index in [1.165, 1.54) is 32.5 Å². The predicted octanol–water partition coefficient (Wildman–Crippen LogP) is 1.21. The minimum absolute atomic E-state index is 0.624. The molecule has 0 aromatic carbocycles. The summed E-state index contributed by atoms with van der Waals surface area (Å²) in [7, 11) is 1.95. The molecule has 1 unspecified atom stereocenters. The van der Waals surface area contributed by atoms with E-state index in [1.54, 1.807) is 0 Å². The molecule has 1 aromatic heterocycles. The van der Waals surface area contributed by atoms with Crippen molar-refractivity contribution in [2.24, 2.45) is 18.0 Å². The number of aromatic nitrogens is 2. The largest absolute Gasteiger partial charge is 0.357 e. The number of nitrogens with zero attached hydrogens (tertiary/aromatic N) is 4. The summed E-state index contributed by atoms with van der Waals surface area (Å²) in [4.78, 5) is 7.20. The molecule has 124 valence electrons. The van der Waals surface area contributed by atoms with Gasteiger partial charge >= 0.3 is 0 Å². The number of guanidine groups is 1. The smallest absolute Gasteiger partial charge is 0.191 e. The molecule has 0 spiro atoms. The Bertz CT molecular complexity index is 461. The van der Waals surface area contributed by atoms with E-state index in [-0.39, 0.29) is 0 Å². The van der Waals surface area contributed by atoms with Crippen molar-refractivity contribution < 1.29 is 0 Å². The van der Waals surface area contributed by atoms with Gasteiger partial charge < -0.3 is 15.5 Å². The zero-order valence-corrected chi connectivity index (χ0v) is 14.2. The molecule has 2 rings (SSSR count). The molecule has 2 N–H and O–H groups in total. The third-order valence-electron chi connectivity index (χ3n) is 4.05. The van der Waals surface area contributed by atoms with Crippen LogP contribution < -0.4 is 10.6 Å². The molecule has 1 fully saturated rings. The normalized spacial score (nSPS) is 17.7. The van der Waals surface area contributed by atoms with Crippen molar-refractivity contribution in [1.82, 2.24) is 25.3 Å². The topological polar surface area (TPSA) is 57.5 Å². The van der Waals surface area contributed by atoms with Crippen LogP contribution in [0.3, 0.4) is 0 Å². The van der Waals surface area contributed by atoms with Crippen LogP contribution in [0.5, 0.6) is 0 Å². The van der Waals surface area contributed by atoms with Crippen LogP contribution in [0.1, 0.15) is 32.4 Å². The Morgan fingerprint density at radius 2 is 2.14 bits per heavy atom. The van der Waals surface area contributed by atoms with Gasteiger partial charge in [0.1, 0.15) is 0 Å². The first kappa shape index (κ1) is 16.8. The number of hydrogen-bond acceptors (Lipinski definition) is 3. The molecule has 6 heteroatoms. The van der Waals surface area contributed by atoms with E-state index in [0.717, 1.165) is 24.7 Å². The second-order valence-electron chi connectivity index (χ2n) is 6.14. The van der Waals surface area contributed by atoms with Gasteiger partial charge in [0.2, 0.25) is 0 Å². The number of hydrogen-bond donors (Lipinski definition) is 2. The average Bonchev–Trinajstić information content (AvgIpc) is 3.14. The molecule has 0 bridgehead atoms. The molecule has 1 aromatic rings. The van der Waals surface area contributed by atoms with Crippen molar-refractivity contribution in [3.8, 4) is 0 Å². The van der Waals surface area contributed by atoms with Crippen molar-refractivity contribution in [1.29, 1.82) is 0 Å². The quantitative estimate of drug-likeness (QED) is 0.587. The Hall–Kier alpha value is -1.56. The summed E-state index contributed by atoms with van der Waals surface area (Å²) in [6.07, 6.45) is 4.52. The maximum Gasteiger partial charge on any atom is 0.191 e. The van der Waals surface area contributed by atoms with E-state index in [0.29, 0.717) is 12.5 Å². The van der Waals surface area contributed by atoms with E-state index in [4.69, 9.17) is 0 Å². The highest BCUT2D eigenvalue weighted by molar-refractivity contribution is 5.79. The minimum atomic E-state index is 0.624. The van der Waals surface area contributed by atoms with Gasteiger partial charge in [0.15, 0.2) is 5.96 Å². The van der Waals surface area contributed by atoms with Crippen LogP contribution in [0.2, 0.25) is 0 Å². The minimum Gasteiger partial charge on any atom is -0.357 e. The van der Waals surface area contributed by atoms with Gasteiger partial charge in [-0.3, -0.25) is 4.68 Å². The summed E-state index contributed by atoms with van der Waals surface area (Å²) in [5, 5.41) is 10.9. The first-order valence-corrected chi connectivity index (χ1v) is 8.40. The van der Waals surface area contributed by atoms with Crippen LogP contribution in [0.15, 0.2) is 17.3 Å².